The number of aromatic nitrogens is 2. The van der Waals surface area contributed by atoms with Crippen LogP contribution in [0, 0.1) is 0 Å². The number of hydrogen-bond acceptors (Lipinski definition) is 5. The zero-order valence-corrected chi connectivity index (χ0v) is 12.9. The van der Waals surface area contributed by atoms with E-state index in [0.717, 1.165) is 57.0 Å². The van der Waals surface area contributed by atoms with Crippen molar-refractivity contribution >= 4 is 0 Å². The van der Waals surface area contributed by atoms with E-state index in [9.17, 15) is 0 Å². The molecule has 3 unspecified atom stereocenters. The highest BCUT2D eigenvalue weighted by Gasteiger charge is 2.24. The van der Waals surface area contributed by atoms with E-state index in [1.165, 1.54) is 0 Å². The van der Waals surface area contributed by atoms with Gasteiger partial charge in [-0.3, -0.25) is 0 Å². The summed E-state index contributed by atoms with van der Waals surface area (Å²) >= 11 is 0. The molecule has 1 fully saturated rings. The Balaban J connectivity index is 1.92. The summed E-state index contributed by atoms with van der Waals surface area (Å²) in [5.41, 5.74) is 0. The average molecular weight is 281 g/mol. The lowest BCUT2D eigenvalue weighted by atomic mass is 9.99. The molecule has 0 bridgehead atoms. The maximum absolute atomic E-state index is 5.61. The second kappa shape index (κ2) is 7.74. The summed E-state index contributed by atoms with van der Waals surface area (Å²) in [6.07, 6.45) is 5.49. The maximum Gasteiger partial charge on any atom is 0.231 e. The zero-order chi connectivity index (χ0) is 14.4. The van der Waals surface area contributed by atoms with Gasteiger partial charge < -0.3 is 14.6 Å². The minimum absolute atomic E-state index is 0.247. The predicted octanol–water partition coefficient (Wildman–Crippen LogP) is 2.67. The summed E-state index contributed by atoms with van der Waals surface area (Å²) in [4.78, 5) is 4.55. The third-order valence-corrected chi connectivity index (χ3v) is 4.01. The van der Waals surface area contributed by atoms with Crippen molar-refractivity contribution in [3.8, 4) is 0 Å². The smallest absolute Gasteiger partial charge is 0.231 e. The standard InChI is InChI=1S/C15H27N3O2/c1-4-8-16-13(5-2)11(3)15-17-14(18-20-15)10-12-7-6-9-19-12/h11-13,16H,4-10H2,1-3H3. The average Bonchev–Trinajstić information content (AvgIpc) is 3.11. The summed E-state index contributed by atoms with van der Waals surface area (Å²) in [6.45, 7) is 8.41. The Kier molecular flexibility index (Phi) is 5.98. The van der Waals surface area contributed by atoms with Gasteiger partial charge in [-0.25, -0.2) is 0 Å². The number of ether oxygens (including phenoxy) is 1. The molecule has 0 saturated carbocycles. The van der Waals surface area contributed by atoms with E-state index in [1.807, 2.05) is 0 Å². The number of nitrogens with one attached hydrogen (secondary N) is 1. The summed E-state index contributed by atoms with van der Waals surface area (Å²) < 4.78 is 11.1. The molecular weight excluding hydrogens is 254 g/mol. The van der Waals surface area contributed by atoms with E-state index in [0.29, 0.717) is 6.04 Å². The van der Waals surface area contributed by atoms with Crippen LogP contribution in [-0.4, -0.2) is 35.4 Å². The Labute approximate surface area is 121 Å². The first kappa shape index (κ1) is 15.4. The van der Waals surface area contributed by atoms with E-state index >= 15 is 0 Å². The third-order valence-electron chi connectivity index (χ3n) is 4.01. The Hall–Kier alpha value is -0.940. The molecule has 0 spiro atoms. The fourth-order valence-corrected chi connectivity index (χ4v) is 2.72. The van der Waals surface area contributed by atoms with Gasteiger partial charge in [-0.15, -0.1) is 0 Å². The molecule has 1 aromatic rings. The lowest BCUT2D eigenvalue weighted by molar-refractivity contribution is 0.109. The van der Waals surface area contributed by atoms with Crippen molar-refractivity contribution in [3.63, 3.8) is 0 Å². The van der Waals surface area contributed by atoms with Crippen LogP contribution in [0.2, 0.25) is 0 Å². The molecular formula is C15H27N3O2. The molecule has 5 heteroatoms. The van der Waals surface area contributed by atoms with Gasteiger partial charge in [0.15, 0.2) is 5.82 Å². The fourth-order valence-electron chi connectivity index (χ4n) is 2.72. The van der Waals surface area contributed by atoms with Crippen molar-refractivity contribution in [1.29, 1.82) is 0 Å². The van der Waals surface area contributed by atoms with Gasteiger partial charge in [0.2, 0.25) is 5.89 Å². The normalized spacial score (nSPS) is 22.1. The van der Waals surface area contributed by atoms with Crippen LogP contribution in [-0.2, 0) is 11.2 Å². The molecule has 1 aliphatic rings. The van der Waals surface area contributed by atoms with E-state index in [4.69, 9.17) is 9.26 Å². The first-order chi connectivity index (χ1) is 9.74. The highest BCUT2D eigenvalue weighted by molar-refractivity contribution is 4.98. The molecule has 0 amide bonds. The van der Waals surface area contributed by atoms with Crippen molar-refractivity contribution < 1.29 is 9.26 Å². The molecule has 5 nitrogen and oxygen atoms in total. The van der Waals surface area contributed by atoms with Crippen molar-refractivity contribution in [2.45, 2.75) is 70.9 Å². The predicted molar refractivity (Wildman–Crippen MR) is 77.8 cm³/mol. The second-order valence-corrected chi connectivity index (χ2v) is 5.65. The zero-order valence-electron chi connectivity index (χ0n) is 12.9. The van der Waals surface area contributed by atoms with Gasteiger partial charge in [0.05, 0.1) is 12.0 Å². The minimum Gasteiger partial charge on any atom is -0.378 e. The first-order valence-corrected chi connectivity index (χ1v) is 7.92. The number of nitrogens with zero attached hydrogens (tertiary/aromatic N) is 2. The highest BCUT2D eigenvalue weighted by Crippen LogP contribution is 2.21. The van der Waals surface area contributed by atoms with Gasteiger partial charge in [-0.2, -0.15) is 4.98 Å². The molecule has 1 N–H and O–H groups in total. The summed E-state index contributed by atoms with van der Waals surface area (Å²) in [6, 6.07) is 0.394. The molecule has 0 aromatic carbocycles. The van der Waals surface area contributed by atoms with Crippen molar-refractivity contribution in [3.05, 3.63) is 11.7 Å². The van der Waals surface area contributed by atoms with Gasteiger partial charge in [0.25, 0.3) is 0 Å². The van der Waals surface area contributed by atoms with Crippen molar-refractivity contribution in [1.82, 2.24) is 15.5 Å². The van der Waals surface area contributed by atoms with Gasteiger partial charge in [-0.05, 0) is 32.2 Å². The van der Waals surface area contributed by atoms with Crippen LogP contribution in [0.3, 0.4) is 0 Å². The minimum atomic E-state index is 0.247. The largest absolute Gasteiger partial charge is 0.378 e. The molecule has 2 rings (SSSR count). The maximum atomic E-state index is 5.61. The van der Waals surface area contributed by atoms with E-state index < -0.39 is 0 Å². The summed E-state index contributed by atoms with van der Waals surface area (Å²) in [7, 11) is 0. The fraction of sp³-hybridized carbons (Fsp3) is 0.867. The Morgan fingerprint density at radius 2 is 2.25 bits per heavy atom. The van der Waals surface area contributed by atoms with Gasteiger partial charge in [0, 0.05) is 19.1 Å². The Bertz CT molecular complexity index is 388. The molecule has 0 radical (unpaired) electrons. The SMILES string of the molecule is CCCNC(CC)C(C)c1nc(CC2CCCO2)no1. The van der Waals surface area contributed by atoms with Gasteiger partial charge in [-0.1, -0.05) is 25.9 Å². The molecule has 1 aromatic heterocycles. The van der Waals surface area contributed by atoms with Gasteiger partial charge >= 0.3 is 0 Å². The molecule has 114 valence electrons. The lowest BCUT2D eigenvalue weighted by Crippen LogP contribution is -2.33. The Morgan fingerprint density at radius 1 is 1.40 bits per heavy atom. The molecule has 1 saturated heterocycles. The van der Waals surface area contributed by atoms with E-state index in [1.54, 1.807) is 0 Å². The topological polar surface area (TPSA) is 60.2 Å². The van der Waals surface area contributed by atoms with Crippen LogP contribution < -0.4 is 5.32 Å². The molecule has 2 heterocycles. The van der Waals surface area contributed by atoms with Crippen LogP contribution in [0.25, 0.3) is 0 Å². The molecule has 0 aliphatic carbocycles. The van der Waals surface area contributed by atoms with Crippen LogP contribution in [0.4, 0.5) is 0 Å². The van der Waals surface area contributed by atoms with Gasteiger partial charge in [0.1, 0.15) is 0 Å². The molecule has 20 heavy (non-hydrogen) atoms. The van der Waals surface area contributed by atoms with Crippen LogP contribution in [0.15, 0.2) is 4.52 Å². The van der Waals surface area contributed by atoms with E-state index in [-0.39, 0.29) is 12.0 Å². The summed E-state index contributed by atoms with van der Waals surface area (Å²) in [5.74, 6) is 1.77. The molecule has 1 aliphatic heterocycles. The quantitative estimate of drug-likeness (QED) is 0.794. The van der Waals surface area contributed by atoms with Crippen molar-refractivity contribution in [2.24, 2.45) is 0 Å². The van der Waals surface area contributed by atoms with E-state index in [2.05, 4.69) is 36.2 Å². The lowest BCUT2D eigenvalue weighted by Gasteiger charge is -2.20. The summed E-state index contributed by atoms with van der Waals surface area (Å²) in [5, 5.41) is 7.65. The second-order valence-electron chi connectivity index (χ2n) is 5.65. The number of hydrogen-bond donors (Lipinski definition) is 1. The first-order valence-electron chi connectivity index (χ1n) is 7.92. The Morgan fingerprint density at radius 3 is 2.90 bits per heavy atom. The van der Waals surface area contributed by atoms with Crippen LogP contribution in [0.5, 0.6) is 0 Å². The monoisotopic (exact) mass is 281 g/mol. The highest BCUT2D eigenvalue weighted by atomic mass is 16.5. The molecule has 3 atom stereocenters. The number of rotatable bonds is 8. The third kappa shape index (κ3) is 4.03. The van der Waals surface area contributed by atoms with Crippen LogP contribution >= 0.6 is 0 Å². The van der Waals surface area contributed by atoms with Crippen LogP contribution in [0.1, 0.15) is 64.1 Å². The van der Waals surface area contributed by atoms with Crippen molar-refractivity contribution in [2.75, 3.05) is 13.2 Å².